The van der Waals surface area contributed by atoms with E-state index in [1.54, 1.807) is 31.2 Å². The molecule has 0 aliphatic carbocycles. The van der Waals surface area contributed by atoms with Crippen molar-refractivity contribution in [3.8, 4) is 23.0 Å². The quantitative estimate of drug-likeness (QED) is 0.251. The monoisotopic (exact) mass is 531 g/mol. The number of aromatic hydroxyl groups is 2. The number of carbonyl (C=O) groups is 3. The minimum Gasteiger partial charge on any atom is -0.508 e. The number of carbonyl (C=O) groups excluding carboxylic acids is 3. The molecule has 0 bridgehead atoms. The van der Waals surface area contributed by atoms with Gasteiger partial charge in [0.1, 0.15) is 28.8 Å². The molecule has 0 saturated heterocycles. The molecule has 0 atom stereocenters. The second-order valence-corrected chi connectivity index (χ2v) is 9.69. The van der Waals surface area contributed by atoms with Crippen molar-refractivity contribution >= 4 is 17.7 Å². The topological polar surface area (TPSA) is 122 Å². The summed E-state index contributed by atoms with van der Waals surface area (Å²) in [7, 11) is 0. The molecular formula is C31H33NO7. The molecule has 1 spiro atoms. The van der Waals surface area contributed by atoms with Crippen LogP contribution in [-0.2, 0) is 19.9 Å². The highest BCUT2D eigenvalue weighted by Crippen LogP contribution is 2.56. The number of fused-ring (bicyclic) bond motifs is 6. The predicted octanol–water partition coefficient (Wildman–Crippen LogP) is 5.72. The van der Waals surface area contributed by atoms with E-state index in [0.717, 1.165) is 25.7 Å². The number of hydrogen-bond donors (Lipinski definition) is 3. The molecule has 3 N–H and O–H groups in total. The largest absolute Gasteiger partial charge is 0.508 e. The first-order valence-electron chi connectivity index (χ1n) is 13.2. The molecule has 3 aromatic rings. The number of unbranched alkanes of at least 4 members (excludes halogenated alkanes) is 2. The first kappa shape index (κ1) is 27.7. The van der Waals surface area contributed by atoms with Gasteiger partial charge in [-0.3, -0.25) is 4.79 Å². The van der Waals surface area contributed by atoms with Gasteiger partial charge in [0, 0.05) is 48.2 Å². The van der Waals surface area contributed by atoms with Crippen LogP contribution in [0.1, 0.15) is 79.4 Å². The second-order valence-electron chi connectivity index (χ2n) is 9.69. The van der Waals surface area contributed by atoms with Crippen LogP contribution in [0, 0.1) is 0 Å². The molecule has 8 nitrogen and oxygen atoms in total. The van der Waals surface area contributed by atoms with Gasteiger partial charge in [-0.25, -0.2) is 4.79 Å². The van der Waals surface area contributed by atoms with Crippen LogP contribution < -0.4 is 10.1 Å². The van der Waals surface area contributed by atoms with Gasteiger partial charge in [0.2, 0.25) is 5.91 Å². The van der Waals surface area contributed by atoms with Crippen LogP contribution in [0.5, 0.6) is 23.0 Å². The van der Waals surface area contributed by atoms with Gasteiger partial charge in [0.25, 0.3) is 0 Å². The summed E-state index contributed by atoms with van der Waals surface area (Å²) in [5, 5.41) is 22.5. The van der Waals surface area contributed by atoms with Crippen molar-refractivity contribution in [2.24, 2.45) is 0 Å². The summed E-state index contributed by atoms with van der Waals surface area (Å²) < 4.78 is 11.8. The predicted molar refractivity (Wildman–Crippen MR) is 145 cm³/mol. The van der Waals surface area contributed by atoms with Crippen molar-refractivity contribution in [1.29, 1.82) is 0 Å². The molecule has 2 heterocycles. The maximum Gasteiger partial charge on any atom is 0.340 e. The zero-order valence-electron chi connectivity index (χ0n) is 22.2. The van der Waals surface area contributed by atoms with Gasteiger partial charge in [0.15, 0.2) is 5.60 Å². The van der Waals surface area contributed by atoms with Crippen LogP contribution in [0.3, 0.4) is 0 Å². The molecule has 204 valence electrons. The minimum atomic E-state index is -1.17. The first-order valence-corrected chi connectivity index (χ1v) is 13.2. The molecule has 5 rings (SSSR count). The second kappa shape index (κ2) is 12.0. The van der Waals surface area contributed by atoms with E-state index in [4.69, 9.17) is 9.47 Å². The lowest BCUT2D eigenvalue weighted by Gasteiger charge is -2.36. The number of phenols is 2. The lowest BCUT2D eigenvalue weighted by Crippen LogP contribution is -2.32. The van der Waals surface area contributed by atoms with E-state index in [0.29, 0.717) is 53.1 Å². The van der Waals surface area contributed by atoms with E-state index in [9.17, 15) is 24.6 Å². The Bertz CT molecular complexity index is 1330. The van der Waals surface area contributed by atoms with Crippen molar-refractivity contribution in [1.82, 2.24) is 5.32 Å². The zero-order chi connectivity index (χ0) is 28.0. The number of hydrogen-bond acceptors (Lipinski definition) is 7. The van der Waals surface area contributed by atoms with Gasteiger partial charge in [-0.1, -0.05) is 38.0 Å². The van der Waals surface area contributed by atoms with Gasteiger partial charge in [-0.05, 0) is 50.1 Å². The van der Waals surface area contributed by atoms with Gasteiger partial charge >= 0.3 is 5.97 Å². The molecule has 2 aliphatic rings. The number of esters is 1. The Kier molecular flexibility index (Phi) is 8.54. The highest BCUT2D eigenvalue weighted by atomic mass is 16.6. The highest BCUT2D eigenvalue weighted by Gasteiger charge is 2.53. The van der Waals surface area contributed by atoms with Crippen molar-refractivity contribution in [2.45, 2.75) is 58.0 Å². The summed E-state index contributed by atoms with van der Waals surface area (Å²) in [4.78, 5) is 34.3. The Balaban J connectivity index is 0.000000218. The summed E-state index contributed by atoms with van der Waals surface area (Å²) in [5.74, 6) is 0.707. The smallest absolute Gasteiger partial charge is 0.340 e. The zero-order valence-corrected chi connectivity index (χ0v) is 22.2. The molecule has 0 aromatic heterocycles. The summed E-state index contributed by atoms with van der Waals surface area (Å²) in [6, 6.07) is 16.6. The minimum absolute atomic E-state index is 0.0371. The Morgan fingerprint density at radius 2 is 1.49 bits per heavy atom. The van der Waals surface area contributed by atoms with Crippen molar-refractivity contribution in [2.75, 3.05) is 6.54 Å². The summed E-state index contributed by atoms with van der Waals surface area (Å²) in [6.07, 6.45) is 5.16. The van der Waals surface area contributed by atoms with E-state index >= 15 is 0 Å². The van der Waals surface area contributed by atoms with Gasteiger partial charge in [0.05, 0.1) is 5.56 Å². The van der Waals surface area contributed by atoms with E-state index in [-0.39, 0.29) is 23.2 Å². The Morgan fingerprint density at radius 3 is 2.10 bits per heavy atom. The third-order valence-electron chi connectivity index (χ3n) is 6.72. The Hall–Kier alpha value is -4.33. The average Bonchev–Trinajstić information content (AvgIpc) is 3.19. The van der Waals surface area contributed by atoms with Crippen LogP contribution in [0.25, 0.3) is 0 Å². The Morgan fingerprint density at radius 1 is 0.846 bits per heavy atom. The standard InChI is InChI=1S/C20H12O5.C11H21NO2/c21-11-5-7-15-17(9-11)24-18-10-12(22)6-8-16(18)20(15)14-4-2-1-3-13(14)19(23)25-20;1-3-4-5-8-11(14)12-9-6-7-10(2)13/h1-10,21-22H;3-9H2,1-2H3,(H,12,14). The van der Waals surface area contributed by atoms with Crippen LogP contribution in [0.15, 0.2) is 60.7 Å². The number of benzene rings is 3. The number of rotatable bonds is 8. The fourth-order valence-electron chi connectivity index (χ4n) is 4.84. The molecular weight excluding hydrogens is 498 g/mol. The molecule has 0 fully saturated rings. The summed E-state index contributed by atoms with van der Waals surface area (Å²) in [6.45, 7) is 4.32. The van der Waals surface area contributed by atoms with E-state index < -0.39 is 11.6 Å². The number of phenolic OH excluding ortho intramolecular Hbond substituents is 2. The number of ketones is 1. The SMILES string of the molecule is CCCCCC(=O)NCCCC(C)=O.O=C1OC2(c3ccc(O)cc3Oc3cc(O)ccc32)c2ccccc21. The van der Waals surface area contributed by atoms with Gasteiger partial charge < -0.3 is 29.8 Å². The molecule has 39 heavy (non-hydrogen) atoms. The lowest BCUT2D eigenvalue weighted by molar-refractivity contribution is -0.121. The molecule has 1 amide bonds. The van der Waals surface area contributed by atoms with Gasteiger partial charge in [-0.2, -0.15) is 0 Å². The summed E-state index contributed by atoms with van der Waals surface area (Å²) >= 11 is 0. The van der Waals surface area contributed by atoms with Crippen LogP contribution in [0.4, 0.5) is 0 Å². The molecule has 8 heteroatoms. The maximum atomic E-state index is 12.5. The molecule has 0 unspecified atom stereocenters. The number of ether oxygens (including phenoxy) is 2. The third-order valence-corrected chi connectivity index (χ3v) is 6.72. The molecule has 3 aromatic carbocycles. The van der Waals surface area contributed by atoms with Crippen LogP contribution in [-0.4, -0.2) is 34.4 Å². The van der Waals surface area contributed by atoms with E-state index in [1.807, 2.05) is 12.1 Å². The average molecular weight is 532 g/mol. The normalized spacial score (nSPS) is 13.6. The molecule has 0 saturated carbocycles. The van der Waals surface area contributed by atoms with Crippen LogP contribution >= 0.6 is 0 Å². The fraction of sp³-hybridized carbons (Fsp3) is 0.323. The van der Waals surface area contributed by atoms with E-state index in [2.05, 4.69) is 12.2 Å². The van der Waals surface area contributed by atoms with Crippen molar-refractivity contribution < 1.29 is 34.1 Å². The Labute approximate surface area is 227 Å². The molecule has 0 radical (unpaired) electrons. The van der Waals surface area contributed by atoms with Gasteiger partial charge in [-0.15, -0.1) is 0 Å². The fourth-order valence-corrected chi connectivity index (χ4v) is 4.84. The third kappa shape index (κ3) is 5.90. The van der Waals surface area contributed by atoms with E-state index in [1.165, 1.54) is 24.3 Å². The first-order chi connectivity index (χ1) is 18.8. The maximum absolute atomic E-state index is 12.5. The number of Topliss-reactive ketones (excluding diaryl/α,β-unsaturated/α-hetero) is 1. The highest BCUT2D eigenvalue weighted by molar-refractivity contribution is 5.97. The number of amides is 1. The lowest BCUT2D eigenvalue weighted by atomic mass is 9.77. The number of nitrogens with one attached hydrogen (secondary N) is 1. The molecule has 2 aliphatic heterocycles. The van der Waals surface area contributed by atoms with Crippen molar-refractivity contribution in [3.63, 3.8) is 0 Å². The van der Waals surface area contributed by atoms with Crippen LogP contribution in [0.2, 0.25) is 0 Å². The summed E-state index contributed by atoms with van der Waals surface area (Å²) in [5.41, 5.74) is 1.28. The van der Waals surface area contributed by atoms with Crippen molar-refractivity contribution in [3.05, 3.63) is 82.9 Å².